The Balaban J connectivity index is 1.44. The molecule has 2 bridgehead atoms. The first kappa shape index (κ1) is 15.5. The zero-order valence-electron chi connectivity index (χ0n) is 14.1. The van der Waals surface area contributed by atoms with E-state index in [1.54, 1.807) is 18.3 Å². The average Bonchev–Trinajstić information content (AvgIpc) is 3.35. The van der Waals surface area contributed by atoms with Gasteiger partial charge in [-0.2, -0.15) is 0 Å². The van der Waals surface area contributed by atoms with Gasteiger partial charge in [0.05, 0.1) is 24.0 Å². The quantitative estimate of drug-likeness (QED) is 0.792. The van der Waals surface area contributed by atoms with E-state index in [0.29, 0.717) is 12.4 Å². The van der Waals surface area contributed by atoms with Crippen molar-refractivity contribution in [2.75, 3.05) is 4.90 Å². The molecule has 1 aromatic heterocycles. The van der Waals surface area contributed by atoms with Gasteiger partial charge in [0.2, 0.25) is 11.8 Å². The highest BCUT2D eigenvalue weighted by molar-refractivity contribution is 6.22. The van der Waals surface area contributed by atoms with Crippen molar-refractivity contribution in [3.63, 3.8) is 0 Å². The first-order valence-corrected chi connectivity index (χ1v) is 8.89. The lowest BCUT2D eigenvalue weighted by molar-refractivity contribution is -0.124. The normalized spacial score (nSPS) is 29.3. The Kier molecular flexibility index (Phi) is 3.53. The molecule has 6 heteroatoms. The molecule has 2 aromatic rings. The highest BCUT2D eigenvalue weighted by Gasteiger charge is 2.63. The maximum Gasteiger partial charge on any atom is 0.241 e. The van der Waals surface area contributed by atoms with E-state index in [2.05, 4.69) is 4.98 Å². The van der Waals surface area contributed by atoms with E-state index in [-0.39, 0.29) is 41.7 Å². The van der Waals surface area contributed by atoms with E-state index in [0.717, 1.165) is 18.4 Å². The summed E-state index contributed by atoms with van der Waals surface area (Å²) >= 11 is 0. The molecule has 1 aromatic carbocycles. The molecule has 0 spiro atoms. The molecule has 3 aliphatic rings. The predicted molar refractivity (Wildman–Crippen MR) is 92.4 cm³/mol. The van der Waals surface area contributed by atoms with Crippen LogP contribution in [0.3, 0.4) is 0 Å². The summed E-state index contributed by atoms with van der Waals surface area (Å²) in [6.07, 6.45) is 2.99. The molecule has 0 saturated carbocycles. The zero-order valence-corrected chi connectivity index (χ0v) is 14.1. The van der Waals surface area contributed by atoms with Gasteiger partial charge in [0.1, 0.15) is 6.61 Å². The van der Waals surface area contributed by atoms with Crippen LogP contribution in [0.15, 0.2) is 48.7 Å². The van der Waals surface area contributed by atoms with Crippen LogP contribution >= 0.6 is 0 Å². The van der Waals surface area contributed by atoms with Gasteiger partial charge in [0, 0.05) is 6.20 Å². The molecular formula is C20H18N2O4. The molecule has 4 atom stereocenters. The summed E-state index contributed by atoms with van der Waals surface area (Å²) in [6.45, 7) is 0.344. The molecule has 6 nitrogen and oxygen atoms in total. The summed E-state index contributed by atoms with van der Waals surface area (Å²) in [6, 6.07) is 13.2. The lowest BCUT2D eigenvalue weighted by Gasteiger charge is -2.19. The largest absolute Gasteiger partial charge is 0.485 e. The number of carbonyl (C=O) groups is 2. The van der Waals surface area contributed by atoms with Crippen LogP contribution in [0.1, 0.15) is 18.4 Å². The Hall–Kier alpha value is -2.73. The van der Waals surface area contributed by atoms with Gasteiger partial charge in [0.25, 0.3) is 0 Å². The molecule has 4 heterocycles. The van der Waals surface area contributed by atoms with Crippen LogP contribution in [-0.4, -0.2) is 29.0 Å². The number of imide groups is 1. The van der Waals surface area contributed by atoms with Crippen molar-refractivity contribution in [2.24, 2.45) is 11.8 Å². The van der Waals surface area contributed by atoms with Crippen molar-refractivity contribution in [3.8, 4) is 5.75 Å². The maximum absolute atomic E-state index is 12.9. The summed E-state index contributed by atoms with van der Waals surface area (Å²) in [5.74, 6) is -0.445. The summed E-state index contributed by atoms with van der Waals surface area (Å²) in [5, 5.41) is 0. The fourth-order valence-electron chi connectivity index (χ4n) is 4.32. The minimum absolute atomic E-state index is 0.135. The minimum atomic E-state index is -0.370. The number of amides is 2. The van der Waals surface area contributed by atoms with Crippen molar-refractivity contribution >= 4 is 17.6 Å². The fourth-order valence-corrected chi connectivity index (χ4v) is 4.32. The first-order chi connectivity index (χ1) is 12.7. The van der Waals surface area contributed by atoms with E-state index in [9.17, 15) is 9.59 Å². The average molecular weight is 350 g/mol. The number of benzene rings is 1. The number of rotatable bonds is 4. The number of hydrogen-bond donors (Lipinski definition) is 0. The van der Waals surface area contributed by atoms with Crippen molar-refractivity contribution in [3.05, 3.63) is 54.2 Å². The van der Waals surface area contributed by atoms with Crippen molar-refractivity contribution < 1.29 is 19.1 Å². The Labute approximate surface area is 150 Å². The molecule has 3 saturated heterocycles. The van der Waals surface area contributed by atoms with Crippen LogP contribution in [-0.2, 0) is 20.9 Å². The lowest BCUT2D eigenvalue weighted by atomic mass is 9.81. The van der Waals surface area contributed by atoms with E-state index in [1.165, 1.54) is 4.90 Å². The number of pyridine rings is 1. The molecule has 2 amide bonds. The fraction of sp³-hybridized carbons (Fsp3) is 0.350. The molecule has 3 fully saturated rings. The number of hydrogen-bond acceptors (Lipinski definition) is 5. The van der Waals surface area contributed by atoms with Crippen LogP contribution in [0, 0.1) is 11.8 Å². The third-order valence-corrected chi connectivity index (χ3v) is 5.48. The van der Waals surface area contributed by atoms with Crippen LogP contribution in [0.2, 0.25) is 0 Å². The van der Waals surface area contributed by atoms with Gasteiger partial charge in [-0.05, 0) is 30.5 Å². The first-order valence-electron chi connectivity index (χ1n) is 8.89. The van der Waals surface area contributed by atoms with Gasteiger partial charge in [-0.1, -0.05) is 30.3 Å². The molecule has 5 rings (SSSR count). The standard InChI is InChI=1S/C20H18N2O4/c23-19-16-13-8-9-14(26-13)17(16)20(24)22(19)18-15(7-4-10-21-18)25-11-12-5-2-1-3-6-12/h1-7,10,13-14,16-17H,8-9,11H2/t13-,14+,16-,17+. The van der Waals surface area contributed by atoms with Crippen molar-refractivity contribution in [1.29, 1.82) is 0 Å². The van der Waals surface area contributed by atoms with E-state index >= 15 is 0 Å². The SMILES string of the molecule is O=C1[C@@H]2[C@H](C(=O)N1c1ncccc1OCc1ccccc1)[C@H]1CC[C@@H]2O1. The highest BCUT2D eigenvalue weighted by atomic mass is 16.5. The second-order valence-electron chi connectivity index (χ2n) is 6.95. The van der Waals surface area contributed by atoms with E-state index < -0.39 is 0 Å². The maximum atomic E-state index is 12.9. The Morgan fingerprint density at radius 1 is 1.00 bits per heavy atom. The number of ether oxygens (including phenoxy) is 2. The number of carbonyl (C=O) groups excluding carboxylic acids is 2. The topological polar surface area (TPSA) is 68.7 Å². The number of aromatic nitrogens is 1. The van der Waals surface area contributed by atoms with Crippen molar-refractivity contribution in [2.45, 2.75) is 31.7 Å². The van der Waals surface area contributed by atoms with E-state index in [1.807, 2.05) is 30.3 Å². The van der Waals surface area contributed by atoms with Crippen LogP contribution < -0.4 is 9.64 Å². The third-order valence-electron chi connectivity index (χ3n) is 5.48. The zero-order chi connectivity index (χ0) is 17.7. The molecule has 0 aliphatic carbocycles. The molecule has 0 N–H and O–H groups in total. The number of anilines is 1. The molecule has 26 heavy (non-hydrogen) atoms. The molecule has 132 valence electrons. The molecule has 0 radical (unpaired) electrons. The lowest BCUT2D eigenvalue weighted by Crippen LogP contribution is -2.35. The second-order valence-corrected chi connectivity index (χ2v) is 6.95. The molecule has 3 aliphatic heterocycles. The monoisotopic (exact) mass is 350 g/mol. The van der Waals surface area contributed by atoms with Gasteiger partial charge in [-0.3, -0.25) is 9.59 Å². The Morgan fingerprint density at radius 2 is 1.69 bits per heavy atom. The molecular weight excluding hydrogens is 332 g/mol. The summed E-state index contributed by atoms with van der Waals surface area (Å²) in [5.41, 5.74) is 1.00. The van der Waals surface area contributed by atoms with Gasteiger partial charge in [-0.25, -0.2) is 9.88 Å². The summed E-state index contributed by atoms with van der Waals surface area (Å²) in [7, 11) is 0. The van der Waals surface area contributed by atoms with Crippen molar-refractivity contribution in [1.82, 2.24) is 4.98 Å². The van der Waals surface area contributed by atoms with Gasteiger partial charge in [0.15, 0.2) is 11.6 Å². The summed E-state index contributed by atoms with van der Waals surface area (Å²) < 4.78 is 11.7. The smallest absolute Gasteiger partial charge is 0.241 e. The predicted octanol–water partition coefficient (Wildman–Crippen LogP) is 2.33. The Bertz CT molecular complexity index is 841. The second kappa shape index (κ2) is 5.92. The third kappa shape index (κ3) is 2.25. The summed E-state index contributed by atoms with van der Waals surface area (Å²) in [4.78, 5) is 31.4. The number of nitrogens with zero attached hydrogens (tertiary/aromatic N) is 2. The van der Waals surface area contributed by atoms with E-state index in [4.69, 9.17) is 9.47 Å². The van der Waals surface area contributed by atoms with Crippen LogP contribution in [0.5, 0.6) is 5.75 Å². The van der Waals surface area contributed by atoms with Crippen LogP contribution in [0.25, 0.3) is 0 Å². The van der Waals surface area contributed by atoms with Gasteiger partial charge < -0.3 is 9.47 Å². The molecule has 0 unspecified atom stereocenters. The highest BCUT2D eigenvalue weighted by Crippen LogP contribution is 2.50. The number of fused-ring (bicyclic) bond motifs is 5. The Morgan fingerprint density at radius 3 is 2.38 bits per heavy atom. The van der Waals surface area contributed by atoms with Crippen LogP contribution in [0.4, 0.5) is 5.82 Å². The van der Waals surface area contributed by atoms with Gasteiger partial charge in [-0.15, -0.1) is 0 Å². The minimum Gasteiger partial charge on any atom is -0.485 e. The van der Waals surface area contributed by atoms with Gasteiger partial charge >= 0.3 is 0 Å².